The maximum atomic E-state index is 8.86. The number of rotatable bonds is 4. The van der Waals surface area contributed by atoms with Crippen molar-refractivity contribution < 1.29 is 0 Å². The first-order valence-electron chi connectivity index (χ1n) is 3.79. The lowest BCUT2D eigenvalue weighted by molar-refractivity contribution is 0.484. The van der Waals surface area contributed by atoms with Crippen LogP contribution >= 0.6 is 0 Å². The molecule has 0 amide bonds. The Morgan fingerprint density at radius 1 is 1.73 bits per heavy atom. The monoisotopic (exact) mass is 149 g/mol. The third-order valence-electron chi connectivity index (χ3n) is 1.86. The maximum Gasteiger partial charge on any atom is 0.0785 e. The fourth-order valence-electron chi connectivity index (χ4n) is 1.04. The summed E-state index contributed by atoms with van der Waals surface area (Å²) in [6, 6.07) is 2.27. The van der Waals surface area contributed by atoms with E-state index < -0.39 is 0 Å². The first kappa shape index (κ1) is 9.97. The first-order chi connectivity index (χ1) is 5.10. The molecule has 1 nitrogen and oxygen atoms in total. The number of hydrogen-bond acceptors (Lipinski definition) is 1. The minimum absolute atomic E-state index is 0.383. The molecule has 0 aliphatic heterocycles. The highest BCUT2D eigenvalue weighted by molar-refractivity contribution is 5.14. The molecule has 0 N–H and O–H groups in total. The zero-order valence-electron chi connectivity index (χ0n) is 7.35. The predicted molar refractivity (Wildman–Crippen MR) is 48.0 cm³/mol. The van der Waals surface area contributed by atoms with E-state index in [0.717, 1.165) is 18.4 Å². The summed E-state index contributed by atoms with van der Waals surface area (Å²) in [4.78, 5) is 0. The smallest absolute Gasteiger partial charge is 0.0785 e. The summed E-state index contributed by atoms with van der Waals surface area (Å²) < 4.78 is 0. The summed E-state index contributed by atoms with van der Waals surface area (Å²) in [5.41, 5.74) is 0.652. The molecule has 0 radical (unpaired) electrons. The van der Waals surface area contributed by atoms with Crippen molar-refractivity contribution in [3.05, 3.63) is 24.8 Å². The third-order valence-corrected chi connectivity index (χ3v) is 1.86. The number of hydrogen-bond donors (Lipinski definition) is 0. The van der Waals surface area contributed by atoms with Gasteiger partial charge in [-0.05, 0) is 19.8 Å². The highest BCUT2D eigenvalue weighted by Gasteiger charge is 2.23. The first-order valence-corrected chi connectivity index (χ1v) is 3.79. The summed E-state index contributed by atoms with van der Waals surface area (Å²) >= 11 is 0. The maximum absolute atomic E-state index is 8.86. The molecule has 1 atom stereocenters. The lowest BCUT2D eigenvalue weighted by Gasteiger charge is -2.19. The average molecular weight is 149 g/mol. The van der Waals surface area contributed by atoms with Gasteiger partial charge in [0.15, 0.2) is 0 Å². The van der Waals surface area contributed by atoms with E-state index in [-0.39, 0.29) is 5.41 Å². The Morgan fingerprint density at radius 3 is 2.36 bits per heavy atom. The minimum Gasteiger partial charge on any atom is -0.197 e. The summed E-state index contributed by atoms with van der Waals surface area (Å²) in [6.45, 7) is 11.4. The van der Waals surface area contributed by atoms with Crippen molar-refractivity contribution in [1.29, 1.82) is 5.26 Å². The van der Waals surface area contributed by atoms with Gasteiger partial charge in [0, 0.05) is 0 Å². The van der Waals surface area contributed by atoms with Gasteiger partial charge in [0.25, 0.3) is 0 Å². The molecule has 0 aromatic carbocycles. The Balaban J connectivity index is 4.45. The van der Waals surface area contributed by atoms with E-state index in [2.05, 4.69) is 19.2 Å². The molecule has 1 heteroatoms. The molecule has 0 aliphatic carbocycles. The van der Waals surface area contributed by atoms with Crippen LogP contribution in [0.15, 0.2) is 24.8 Å². The largest absolute Gasteiger partial charge is 0.197 e. The van der Waals surface area contributed by atoms with E-state index in [9.17, 15) is 0 Å². The Morgan fingerprint density at radius 2 is 2.27 bits per heavy atom. The Hall–Kier alpha value is -1.03. The molecule has 0 aliphatic rings. The number of allylic oxidation sites excluding steroid dienone is 2. The van der Waals surface area contributed by atoms with E-state index in [1.807, 2.05) is 13.8 Å². The van der Waals surface area contributed by atoms with Gasteiger partial charge in [-0.15, -0.1) is 13.2 Å². The molecule has 0 rings (SSSR count). The molecule has 1 unspecified atom stereocenters. The van der Waals surface area contributed by atoms with Crippen LogP contribution in [-0.4, -0.2) is 0 Å². The van der Waals surface area contributed by atoms with Crippen LogP contribution in [0, 0.1) is 16.7 Å². The van der Waals surface area contributed by atoms with Crippen molar-refractivity contribution in [2.75, 3.05) is 0 Å². The molecular formula is C10H15N. The number of nitriles is 1. The second-order valence-electron chi connectivity index (χ2n) is 2.96. The number of nitrogens with zero attached hydrogens (tertiary/aromatic N) is 1. The van der Waals surface area contributed by atoms with Gasteiger partial charge in [0.1, 0.15) is 0 Å². The highest BCUT2D eigenvalue weighted by atomic mass is 14.3. The molecule has 0 aromatic heterocycles. The molecule has 0 heterocycles. The van der Waals surface area contributed by atoms with Gasteiger partial charge in [0.05, 0.1) is 11.5 Å². The SMILES string of the molecule is C=CC(C#N)(CC)CC(=C)C. The molecule has 11 heavy (non-hydrogen) atoms. The zero-order chi connectivity index (χ0) is 8.91. The topological polar surface area (TPSA) is 23.8 Å². The van der Waals surface area contributed by atoms with Crippen molar-refractivity contribution in [3.63, 3.8) is 0 Å². The van der Waals surface area contributed by atoms with Gasteiger partial charge in [-0.3, -0.25) is 0 Å². The van der Waals surface area contributed by atoms with E-state index in [1.165, 1.54) is 0 Å². The van der Waals surface area contributed by atoms with Gasteiger partial charge < -0.3 is 0 Å². The van der Waals surface area contributed by atoms with Crippen LogP contribution in [0.1, 0.15) is 26.7 Å². The fourth-order valence-corrected chi connectivity index (χ4v) is 1.04. The lowest BCUT2D eigenvalue weighted by Crippen LogP contribution is -2.13. The average Bonchev–Trinajstić information content (AvgIpc) is 2.00. The predicted octanol–water partition coefficient (Wildman–Crippen LogP) is 3.06. The lowest BCUT2D eigenvalue weighted by atomic mass is 9.81. The van der Waals surface area contributed by atoms with Gasteiger partial charge in [0.2, 0.25) is 0 Å². The van der Waals surface area contributed by atoms with E-state index in [1.54, 1.807) is 6.08 Å². The van der Waals surface area contributed by atoms with Gasteiger partial charge in [-0.2, -0.15) is 5.26 Å². The zero-order valence-corrected chi connectivity index (χ0v) is 7.35. The van der Waals surface area contributed by atoms with Crippen LogP contribution in [0.3, 0.4) is 0 Å². The Kier molecular flexibility index (Phi) is 3.60. The molecule has 0 bridgehead atoms. The van der Waals surface area contributed by atoms with Crippen molar-refractivity contribution in [2.24, 2.45) is 5.41 Å². The Labute approximate surface area is 69.0 Å². The van der Waals surface area contributed by atoms with Crippen LogP contribution in [0.2, 0.25) is 0 Å². The molecule has 0 fully saturated rings. The second-order valence-corrected chi connectivity index (χ2v) is 2.96. The molecule has 0 spiro atoms. The van der Waals surface area contributed by atoms with Crippen LogP contribution < -0.4 is 0 Å². The van der Waals surface area contributed by atoms with Crippen molar-refractivity contribution in [3.8, 4) is 6.07 Å². The standard InChI is InChI=1S/C10H15N/c1-5-10(6-2,8-11)7-9(3)4/h5H,1,3,6-7H2,2,4H3. The molecule has 0 saturated heterocycles. The minimum atomic E-state index is -0.383. The van der Waals surface area contributed by atoms with Gasteiger partial charge in [-0.25, -0.2) is 0 Å². The summed E-state index contributed by atoms with van der Waals surface area (Å²) in [5, 5.41) is 8.86. The van der Waals surface area contributed by atoms with E-state index in [0.29, 0.717) is 0 Å². The van der Waals surface area contributed by atoms with E-state index >= 15 is 0 Å². The molecular weight excluding hydrogens is 134 g/mol. The van der Waals surface area contributed by atoms with Gasteiger partial charge in [-0.1, -0.05) is 18.6 Å². The van der Waals surface area contributed by atoms with Crippen molar-refractivity contribution in [1.82, 2.24) is 0 Å². The summed E-state index contributed by atoms with van der Waals surface area (Å²) in [5.74, 6) is 0. The van der Waals surface area contributed by atoms with E-state index in [4.69, 9.17) is 5.26 Å². The van der Waals surface area contributed by atoms with Crippen LogP contribution in [0.5, 0.6) is 0 Å². The van der Waals surface area contributed by atoms with Crippen LogP contribution in [0.25, 0.3) is 0 Å². The fraction of sp³-hybridized carbons (Fsp3) is 0.500. The van der Waals surface area contributed by atoms with Crippen LogP contribution in [-0.2, 0) is 0 Å². The van der Waals surface area contributed by atoms with Gasteiger partial charge >= 0.3 is 0 Å². The van der Waals surface area contributed by atoms with Crippen molar-refractivity contribution >= 4 is 0 Å². The molecule has 0 saturated carbocycles. The summed E-state index contributed by atoms with van der Waals surface area (Å²) in [6.07, 6.45) is 3.26. The molecule has 60 valence electrons. The van der Waals surface area contributed by atoms with Crippen molar-refractivity contribution in [2.45, 2.75) is 26.7 Å². The Bertz CT molecular complexity index is 197. The molecule has 0 aromatic rings. The summed E-state index contributed by atoms with van der Waals surface area (Å²) in [7, 11) is 0. The quantitative estimate of drug-likeness (QED) is 0.563. The van der Waals surface area contributed by atoms with Crippen LogP contribution in [0.4, 0.5) is 0 Å². The highest BCUT2D eigenvalue weighted by Crippen LogP contribution is 2.29. The normalized spacial score (nSPS) is 14.6. The second kappa shape index (κ2) is 3.98. The third kappa shape index (κ3) is 2.59.